The number of carboxylic acids is 1. The second-order valence-corrected chi connectivity index (χ2v) is 6.02. The summed E-state index contributed by atoms with van der Waals surface area (Å²) < 4.78 is 0. The Morgan fingerprint density at radius 2 is 2.00 bits per heavy atom. The molecule has 0 radical (unpaired) electrons. The van der Waals surface area contributed by atoms with Gasteiger partial charge < -0.3 is 15.3 Å². The second kappa shape index (κ2) is 7.92. The lowest BCUT2D eigenvalue weighted by Crippen LogP contribution is -2.40. The van der Waals surface area contributed by atoms with Crippen molar-refractivity contribution in [1.82, 2.24) is 15.1 Å². The highest BCUT2D eigenvalue weighted by Crippen LogP contribution is 2.15. The van der Waals surface area contributed by atoms with Gasteiger partial charge in [0.1, 0.15) is 0 Å². The van der Waals surface area contributed by atoms with Crippen molar-refractivity contribution in [3.05, 3.63) is 35.4 Å². The van der Waals surface area contributed by atoms with Crippen molar-refractivity contribution in [2.75, 3.05) is 33.2 Å². The standard InChI is InChI=1S/C17H23N3O4/c1-12(21)20-7-6-19(10-15(11-20)16(22)18-2)9-13-4-3-5-14(8-13)17(23)24/h3-5,8,15H,6-7,9-11H2,1-2H3,(H,18,22)(H,23,24)/t15-/m0/s1. The van der Waals surface area contributed by atoms with Gasteiger partial charge in [-0.05, 0) is 17.7 Å². The van der Waals surface area contributed by atoms with Crippen molar-refractivity contribution in [2.24, 2.45) is 5.92 Å². The fourth-order valence-corrected chi connectivity index (χ4v) is 2.94. The number of carbonyl (C=O) groups excluding carboxylic acids is 2. The highest BCUT2D eigenvalue weighted by Gasteiger charge is 2.28. The summed E-state index contributed by atoms with van der Waals surface area (Å²) in [7, 11) is 1.59. The molecule has 1 aromatic carbocycles. The van der Waals surface area contributed by atoms with Crippen LogP contribution in [0.2, 0.25) is 0 Å². The second-order valence-electron chi connectivity index (χ2n) is 6.02. The van der Waals surface area contributed by atoms with Gasteiger partial charge in [-0.1, -0.05) is 12.1 Å². The molecular weight excluding hydrogens is 310 g/mol. The summed E-state index contributed by atoms with van der Waals surface area (Å²) in [5.41, 5.74) is 1.12. The molecule has 130 valence electrons. The summed E-state index contributed by atoms with van der Waals surface area (Å²) in [6.45, 7) is 4.18. The van der Waals surface area contributed by atoms with Gasteiger partial charge in [-0.25, -0.2) is 4.79 Å². The number of nitrogens with zero attached hydrogens (tertiary/aromatic N) is 2. The summed E-state index contributed by atoms with van der Waals surface area (Å²) >= 11 is 0. The van der Waals surface area contributed by atoms with Gasteiger partial charge in [0, 0.05) is 46.7 Å². The minimum absolute atomic E-state index is 0.0429. The lowest BCUT2D eigenvalue weighted by molar-refractivity contribution is -0.130. The van der Waals surface area contributed by atoms with Crippen LogP contribution in [0, 0.1) is 5.92 Å². The van der Waals surface area contributed by atoms with E-state index in [-0.39, 0.29) is 23.3 Å². The van der Waals surface area contributed by atoms with E-state index in [1.54, 1.807) is 30.1 Å². The SMILES string of the molecule is CNC(=O)[C@H]1CN(Cc2cccc(C(=O)O)c2)CCN(C(C)=O)C1. The molecule has 1 fully saturated rings. The molecule has 0 aliphatic carbocycles. The highest BCUT2D eigenvalue weighted by atomic mass is 16.4. The Morgan fingerprint density at radius 3 is 2.62 bits per heavy atom. The van der Waals surface area contributed by atoms with E-state index in [0.29, 0.717) is 32.7 Å². The van der Waals surface area contributed by atoms with Crippen LogP contribution in [-0.2, 0) is 16.1 Å². The zero-order valence-corrected chi connectivity index (χ0v) is 14.0. The van der Waals surface area contributed by atoms with Gasteiger partial charge in [0.15, 0.2) is 0 Å². The van der Waals surface area contributed by atoms with E-state index < -0.39 is 5.97 Å². The number of amides is 2. The van der Waals surface area contributed by atoms with Gasteiger partial charge in [0.25, 0.3) is 0 Å². The third-order valence-corrected chi connectivity index (χ3v) is 4.25. The molecule has 0 bridgehead atoms. The summed E-state index contributed by atoms with van der Waals surface area (Å²) in [5.74, 6) is -1.39. The van der Waals surface area contributed by atoms with E-state index in [1.807, 2.05) is 6.07 Å². The van der Waals surface area contributed by atoms with Crippen molar-refractivity contribution in [3.63, 3.8) is 0 Å². The first kappa shape index (κ1) is 17.9. The van der Waals surface area contributed by atoms with Gasteiger partial charge in [0.2, 0.25) is 11.8 Å². The van der Waals surface area contributed by atoms with Crippen LogP contribution >= 0.6 is 0 Å². The van der Waals surface area contributed by atoms with Crippen molar-refractivity contribution in [2.45, 2.75) is 13.5 Å². The maximum Gasteiger partial charge on any atom is 0.335 e. The van der Waals surface area contributed by atoms with E-state index >= 15 is 0 Å². The zero-order chi connectivity index (χ0) is 17.7. The van der Waals surface area contributed by atoms with E-state index in [0.717, 1.165) is 5.56 Å². The molecule has 1 saturated heterocycles. The van der Waals surface area contributed by atoms with Crippen molar-refractivity contribution in [3.8, 4) is 0 Å². The first-order valence-electron chi connectivity index (χ1n) is 7.92. The Bertz CT molecular complexity index is 632. The zero-order valence-electron chi connectivity index (χ0n) is 14.0. The van der Waals surface area contributed by atoms with Crippen LogP contribution < -0.4 is 5.32 Å². The van der Waals surface area contributed by atoms with Gasteiger partial charge in [-0.2, -0.15) is 0 Å². The number of aromatic carboxylic acids is 1. The average Bonchev–Trinajstić information content (AvgIpc) is 2.77. The lowest BCUT2D eigenvalue weighted by Gasteiger charge is -2.23. The van der Waals surface area contributed by atoms with Crippen LogP contribution in [-0.4, -0.2) is 65.9 Å². The maximum absolute atomic E-state index is 12.1. The molecule has 0 unspecified atom stereocenters. The predicted octanol–water partition coefficient (Wildman–Crippen LogP) is 0.411. The number of rotatable bonds is 4. The summed E-state index contributed by atoms with van der Waals surface area (Å²) in [6.07, 6.45) is 0. The van der Waals surface area contributed by atoms with Crippen LogP contribution in [0.25, 0.3) is 0 Å². The largest absolute Gasteiger partial charge is 0.478 e. The summed E-state index contributed by atoms with van der Waals surface area (Å²) in [5, 5.41) is 11.7. The normalized spacial score (nSPS) is 18.8. The fourth-order valence-electron chi connectivity index (χ4n) is 2.94. The molecule has 1 atom stereocenters. The molecule has 1 heterocycles. The van der Waals surface area contributed by atoms with Crippen molar-refractivity contribution >= 4 is 17.8 Å². The van der Waals surface area contributed by atoms with Crippen LogP contribution in [0.4, 0.5) is 0 Å². The Morgan fingerprint density at radius 1 is 1.25 bits per heavy atom. The first-order valence-corrected chi connectivity index (χ1v) is 7.92. The molecule has 2 amide bonds. The van der Waals surface area contributed by atoms with E-state index in [1.165, 1.54) is 6.92 Å². The number of carboxylic acid groups (broad SMARTS) is 1. The van der Waals surface area contributed by atoms with Gasteiger partial charge in [-0.15, -0.1) is 0 Å². The third-order valence-electron chi connectivity index (χ3n) is 4.25. The number of hydrogen-bond acceptors (Lipinski definition) is 4. The molecule has 7 nitrogen and oxygen atoms in total. The molecule has 0 spiro atoms. The summed E-state index contributed by atoms with van der Waals surface area (Å²) in [6, 6.07) is 6.79. The molecule has 0 saturated carbocycles. The molecule has 7 heteroatoms. The quantitative estimate of drug-likeness (QED) is 0.833. The predicted molar refractivity (Wildman–Crippen MR) is 88.5 cm³/mol. The third kappa shape index (κ3) is 4.55. The van der Waals surface area contributed by atoms with Crippen LogP contribution in [0.15, 0.2) is 24.3 Å². The van der Waals surface area contributed by atoms with Crippen molar-refractivity contribution in [1.29, 1.82) is 0 Å². The average molecular weight is 333 g/mol. The Hall–Kier alpha value is -2.41. The van der Waals surface area contributed by atoms with E-state index in [4.69, 9.17) is 5.11 Å². The molecular formula is C17H23N3O4. The van der Waals surface area contributed by atoms with Crippen LogP contribution in [0.5, 0.6) is 0 Å². The molecule has 2 rings (SSSR count). The maximum atomic E-state index is 12.1. The van der Waals surface area contributed by atoms with Crippen molar-refractivity contribution < 1.29 is 19.5 Å². The van der Waals surface area contributed by atoms with Crippen LogP contribution in [0.1, 0.15) is 22.8 Å². The first-order chi connectivity index (χ1) is 11.4. The molecule has 1 aliphatic heterocycles. The molecule has 1 aromatic rings. The smallest absolute Gasteiger partial charge is 0.335 e. The van der Waals surface area contributed by atoms with E-state index in [2.05, 4.69) is 10.2 Å². The number of benzene rings is 1. The number of nitrogens with one attached hydrogen (secondary N) is 1. The number of hydrogen-bond donors (Lipinski definition) is 2. The van der Waals surface area contributed by atoms with Crippen LogP contribution in [0.3, 0.4) is 0 Å². The topological polar surface area (TPSA) is 89.9 Å². The minimum atomic E-state index is -0.960. The molecule has 1 aliphatic rings. The summed E-state index contributed by atoms with van der Waals surface area (Å²) in [4.78, 5) is 38.6. The lowest BCUT2D eigenvalue weighted by atomic mass is 10.1. The monoisotopic (exact) mass is 333 g/mol. The Balaban J connectivity index is 2.14. The molecule has 24 heavy (non-hydrogen) atoms. The number of carbonyl (C=O) groups is 3. The highest BCUT2D eigenvalue weighted by molar-refractivity contribution is 5.87. The Kier molecular flexibility index (Phi) is 5.92. The van der Waals surface area contributed by atoms with Gasteiger partial charge in [0.05, 0.1) is 11.5 Å². The fraction of sp³-hybridized carbons (Fsp3) is 0.471. The molecule has 0 aromatic heterocycles. The molecule has 2 N–H and O–H groups in total. The Labute approximate surface area is 141 Å². The minimum Gasteiger partial charge on any atom is -0.478 e. The van der Waals surface area contributed by atoms with E-state index in [9.17, 15) is 14.4 Å². The van der Waals surface area contributed by atoms with Gasteiger partial charge >= 0.3 is 5.97 Å². The van der Waals surface area contributed by atoms with Gasteiger partial charge in [-0.3, -0.25) is 14.5 Å².